The van der Waals surface area contributed by atoms with Crippen molar-refractivity contribution in [2.75, 3.05) is 18.8 Å². The largest absolute Gasteiger partial charge is 0.341 e. The second-order valence-corrected chi connectivity index (χ2v) is 7.85. The Hall–Kier alpha value is -2.75. The number of rotatable bonds is 6. The summed E-state index contributed by atoms with van der Waals surface area (Å²) in [4.78, 5) is 23.0. The SMILES string of the molecule is Cc1nc(CSCC(=O)N2CCCC(c3nc(-c4cccc(F)c4)no3)C2)no1. The number of thioether (sulfide) groups is 1. The van der Waals surface area contributed by atoms with E-state index in [1.807, 2.05) is 4.90 Å². The van der Waals surface area contributed by atoms with Crippen molar-refractivity contribution in [1.82, 2.24) is 25.2 Å². The van der Waals surface area contributed by atoms with Gasteiger partial charge in [0, 0.05) is 25.6 Å². The molecular weight excluding hydrogens is 397 g/mol. The van der Waals surface area contributed by atoms with E-state index < -0.39 is 0 Å². The molecule has 0 spiro atoms. The Bertz CT molecular complexity index is 992. The fourth-order valence-corrected chi connectivity index (χ4v) is 4.03. The number of hydrogen-bond donors (Lipinski definition) is 0. The lowest BCUT2D eigenvalue weighted by atomic mass is 9.98. The highest BCUT2D eigenvalue weighted by Gasteiger charge is 2.28. The van der Waals surface area contributed by atoms with Crippen LogP contribution >= 0.6 is 11.8 Å². The molecular formula is C19H20FN5O3S. The lowest BCUT2D eigenvalue weighted by Crippen LogP contribution is -2.40. The molecule has 3 aromatic rings. The van der Waals surface area contributed by atoms with Crippen LogP contribution in [-0.4, -0.2) is 49.9 Å². The number of nitrogens with zero attached hydrogens (tertiary/aromatic N) is 5. The number of likely N-dealkylation sites (tertiary alicyclic amines) is 1. The second-order valence-electron chi connectivity index (χ2n) is 6.87. The van der Waals surface area contributed by atoms with Gasteiger partial charge in [-0.25, -0.2) is 4.39 Å². The van der Waals surface area contributed by atoms with Gasteiger partial charge < -0.3 is 13.9 Å². The van der Waals surface area contributed by atoms with Crippen molar-refractivity contribution in [2.24, 2.45) is 0 Å². The zero-order valence-corrected chi connectivity index (χ0v) is 16.7. The van der Waals surface area contributed by atoms with Gasteiger partial charge in [0.2, 0.25) is 23.5 Å². The molecule has 1 aromatic carbocycles. The molecule has 1 fully saturated rings. The first-order chi connectivity index (χ1) is 14.1. The van der Waals surface area contributed by atoms with Crippen LogP contribution in [0.15, 0.2) is 33.3 Å². The minimum absolute atomic E-state index is 0.0210. The van der Waals surface area contributed by atoms with E-state index in [1.54, 1.807) is 19.1 Å². The van der Waals surface area contributed by atoms with Crippen LogP contribution in [0.2, 0.25) is 0 Å². The molecule has 0 radical (unpaired) electrons. The summed E-state index contributed by atoms with van der Waals surface area (Å²) in [7, 11) is 0. The zero-order valence-electron chi connectivity index (χ0n) is 15.9. The molecule has 1 aliphatic heterocycles. The van der Waals surface area contributed by atoms with Gasteiger partial charge in [0.05, 0.1) is 17.4 Å². The Balaban J connectivity index is 1.34. The van der Waals surface area contributed by atoms with E-state index in [4.69, 9.17) is 9.05 Å². The summed E-state index contributed by atoms with van der Waals surface area (Å²) in [5, 5.41) is 7.80. The minimum Gasteiger partial charge on any atom is -0.341 e. The van der Waals surface area contributed by atoms with E-state index in [0.717, 1.165) is 12.8 Å². The van der Waals surface area contributed by atoms with Crippen LogP contribution in [0.1, 0.15) is 36.4 Å². The molecule has 1 amide bonds. The number of benzene rings is 1. The van der Waals surface area contributed by atoms with Gasteiger partial charge in [-0.1, -0.05) is 22.4 Å². The Labute approximate surface area is 170 Å². The van der Waals surface area contributed by atoms with Crippen molar-refractivity contribution < 1.29 is 18.2 Å². The van der Waals surface area contributed by atoms with E-state index in [-0.39, 0.29) is 17.6 Å². The van der Waals surface area contributed by atoms with Gasteiger partial charge in [0.15, 0.2) is 5.82 Å². The van der Waals surface area contributed by atoms with Gasteiger partial charge in [-0.3, -0.25) is 4.79 Å². The lowest BCUT2D eigenvalue weighted by Gasteiger charge is -2.31. The van der Waals surface area contributed by atoms with Crippen LogP contribution in [-0.2, 0) is 10.5 Å². The molecule has 0 saturated carbocycles. The third kappa shape index (κ3) is 4.81. The molecule has 8 nitrogen and oxygen atoms in total. The summed E-state index contributed by atoms with van der Waals surface area (Å²) in [5.41, 5.74) is 0.567. The zero-order chi connectivity index (χ0) is 20.2. The summed E-state index contributed by atoms with van der Waals surface area (Å²) >= 11 is 1.46. The third-order valence-corrected chi connectivity index (χ3v) is 5.59. The molecule has 0 N–H and O–H groups in total. The van der Waals surface area contributed by atoms with E-state index in [1.165, 1.54) is 23.9 Å². The van der Waals surface area contributed by atoms with Crippen molar-refractivity contribution in [3.8, 4) is 11.4 Å². The van der Waals surface area contributed by atoms with Crippen molar-refractivity contribution in [2.45, 2.75) is 31.4 Å². The first-order valence-corrected chi connectivity index (χ1v) is 10.5. The van der Waals surface area contributed by atoms with Crippen LogP contribution in [0.3, 0.4) is 0 Å². The molecule has 1 aliphatic rings. The normalized spacial score (nSPS) is 16.9. The standard InChI is InChI=1S/C19H20FN5O3S/c1-12-21-16(23-27-12)10-29-11-17(26)25-7-3-5-14(9-25)19-22-18(24-28-19)13-4-2-6-15(20)8-13/h2,4,6,8,14H,3,5,7,9-11H2,1H3. The average Bonchev–Trinajstić information content (AvgIpc) is 3.37. The van der Waals surface area contributed by atoms with Crippen molar-refractivity contribution in [3.63, 3.8) is 0 Å². The molecule has 1 unspecified atom stereocenters. The van der Waals surface area contributed by atoms with Gasteiger partial charge in [0.25, 0.3) is 0 Å². The molecule has 0 aliphatic carbocycles. The maximum atomic E-state index is 13.4. The number of amides is 1. The minimum atomic E-state index is -0.350. The number of piperidine rings is 1. The van der Waals surface area contributed by atoms with Crippen LogP contribution in [0.25, 0.3) is 11.4 Å². The fourth-order valence-electron chi connectivity index (χ4n) is 3.27. The predicted molar refractivity (Wildman–Crippen MR) is 103 cm³/mol. The molecule has 0 bridgehead atoms. The van der Waals surface area contributed by atoms with Gasteiger partial charge >= 0.3 is 0 Å². The van der Waals surface area contributed by atoms with E-state index >= 15 is 0 Å². The fraction of sp³-hybridized carbons (Fsp3) is 0.421. The molecule has 2 aromatic heterocycles. The second kappa shape index (κ2) is 8.73. The maximum absolute atomic E-state index is 13.4. The topological polar surface area (TPSA) is 98.2 Å². The Kier molecular flexibility index (Phi) is 5.89. The maximum Gasteiger partial charge on any atom is 0.232 e. The van der Waals surface area contributed by atoms with Crippen molar-refractivity contribution in [1.29, 1.82) is 0 Å². The lowest BCUT2D eigenvalue weighted by molar-refractivity contribution is -0.129. The summed E-state index contributed by atoms with van der Waals surface area (Å²) < 4.78 is 23.8. The highest BCUT2D eigenvalue weighted by molar-refractivity contribution is 7.99. The molecule has 29 heavy (non-hydrogen) atoms. The number of aromatic nitrogens is 4. The van der Waals surface area contributed by atoms with Gasteiger partial charge in [-0.2, -0.15) is 9.97 Å². The van der Waals surface area contributed by atoms with Gasteiger partial charge in [-0.15, -0.1) is 11.8 Å². The number of hydrogen-bond acceptors (Lipinski definition) is 8. The summed E-state index contributed by atoms with van der Waals surface area (Å²) in [5.74, 6) is 2.51. The highest BCUT2D eigenvalue weighted by Crippen LogP contribution is 2.28. The Morgan fingerprint density at radius 2 is 2.21 bits per heavy atom. The predicted octanol–water partition coefficient (Wildman–Crippen LogP) is 3.21. The average molecular weight is 417 g/mol. The van der Waals surface area contributed by atoms with E-state index in [0.29, 0.717) is 53.6 Å². The molecule has 10 heteroatoms. The van der Waals surface area contributed by atoms with Crippen LogP contribution in [0.4, 0.5) is 4.39 Å². The van der Waals surface area contributed by atoms with Crippen LogP contribution in [0, 0.1) is 12.7 Å². The van der Waals surface area contributed by atoms with Crippen LogP contribution < -0.4 is 0 Å². The Morgan fingerprint density at radius 1 is 1.31 bits per heavy atom. The summed E-state index contributed by atoms with van der Waals surface area (Å²) in [6.07, 6.45) is 1.73. The highest BCUT2D eigenvalue weighted by atomic mass is 32.2. The van der Waals surface area contributed by atoms with Gasteiger partial charge in [0.1, 0.15) is 5.82 Å². The third-order valence-electron chi connectivity index (χ3n) is 4.67. The first-order valence-electron chi connectivity index (χ1n) is 9.33. The number of carbonyl (C=O) groups excluding carboxylic acids is 1. The molecule has 1 atom stereocenters. The molecule has 4 rings (SSSR count). The Morgan fingerprint density at radius 3 is 3.00 bits per heavy atom. The molecule has 1 saturated heterocycles. The van der Waals surface area contributed by atoms with Crippen LogP contribution in [0.5, 0.6) is 0 Å². The van der Waals surface area contributed by atoms with Gasteiger partial charge in [-0.05, 0) is 25.0 Å². The monoisotopic (exact) mass is 417 g/mol. The van der Waals surface area contributed by atoms with E-state index in [2.05, 4.69) is 20.3 Å². The molecule has 3 heterocycles. The number of carbonyl (C=O) groups is 1. The van der Waals surface area contributed by atoms with E-state index in [9.17, 15) is 9.18 Å². The summed E-state index contributed by atoms with van der Waals surface area (Å²) in [6.45, 7) is 2.98. The number of halogens is 1. The first kappa shape index (κ1) is 19.6. The van der Waals surface area contributed by atoms with Crippen molar-refractivity contribution >= 4 is 17.7 Å². The number of aryl methyl sites for hydroxylation is 1. The van der Waals surface area contributed by atoms with Crippen molar-refractivity contribution in [3.05, 3.63) is 47.7 Å². The quantitative estimate of drug-likeness (QED) is 0.603. The summed E-state index contributed by atoms with van der Waals surface area (Å²) in [6, 6.07) is 6.08. The molecule has 152 valence electrons. The smallest absolute Gasteiger partial charge is 0.232 e.